The second kappa shape index (κ2) is 7.99. The van der Waals surface area contributed by atoms with Gasteiger partial charge in [-0.15, -0.1) is 11.3 Å². The summed E-state index contributed by atoms with van der Waals surface area (Å²) in [6.45, 7) is 11.2. The minimum atomic E-state index is 0.861. The summed E-state index contributed by atoms with van der Waals surface area (Å²) >= 11 is 1.91. The van der Waals surface area contributed by atoms with Crippen molar-refractivity contribution in [2.45, 2.75) is 59.4 Å². The third-order valence-corrected chi connectivity index (χ3v) is 5.34. The van der Waals surface area contributed by atoms with Crippen LogP contribution in [-0.4, -0.2) is 24.6 Å². The van der Waals surface area contributed by atoms with Crippen LogP contribution in [0.5, 0.6) is 0 Å². The molecule has 0 aromatic carbocycles. The lowest BCUT2D eigenvalue weighted by Gasteiger charge is -2.31. The van der Waals surface area contributed by atoms with Gasteiger partial charge in [-0.1, -0.05) is 27.2 Å². The van der Waals surface area contributed by atoms with Crippen LogP contribution >= 0.6 is 11.3 Å². The zero-order chi connectivity index (χ0) is 14.4. The fourth-order valence-corrected chi connectivity index (χ4v) is 4.02. The van der Waals surface area contributed by atoms with Crippen LogP contribution in [0.3, 0.4) is 0 Å². The van der Waals surface area contributed by atoms with Crippen molar-refractivity contribution in [2.75, 3.05) is 24.5 Å². The third-order valence-electron chi connectivity index (χ3n) is 4.18. The normalized spacial score (nSPS) is 19.6. The number of rotatable bonds is 7. The molecule has 1 aromatic heterocycles. The predicted octanol–water partition coefficient (Wildman–Crippen LogP) is 3.83. The van der Waals surface area contributed by atoms with Crippen LogP contribution in [0.2, 0.25) is 0 Å². The molecule has 1 saturated heterocycles. The van der Waals surface area contributed by atoms with Crippen molar-refractivity contribution >= 4 is 16.5 Å². The summed E-state index contributed by atoms with van der Waals surface area (Å²) in [5.74, 6) is 0.861. The highest BCUT2D eigenvalue weighted by Gasteiger charge is 2.22. The first-order valence-electron chi connectivity index (χ1n) is 8.22. The quantitative estimate of drug-likeness (QED) is 0.775. The third kappa shape index (κ3) is 3.95. The van der Waals surface area contributed by atoms with E-state index in [1.807, 2.05) is 11.3 Å². The molecule has 114 valence electrons. The molecule has 1 atom stereocenters. The van der Waals surface area contributed by atoms with Gasteiger partial charge in [-0.3, -0.25) is 0 Å². The van der Waals surface area contributed by atoms with Crippen molar-refractivity contribution in [1.29, 1.82) is 0 Å². The van der Waals surface area contributed by atoms with E-state index in [1.165, 1.54) is 54.5 Å². The van der Waals surface area contributed by atoms with Crippen molar-refractivity contribution in [3.8, 4) is 0 Å². The lowest BCUT2D eigenvalue weighted by molar-refractivity contribution is 0.404. The van der Waals surface area contributed by atoms with E-state index in [-0.39, 0.29) is 0 Å². The molecule has 0 aliphatic carbocycles. The van der Waals surface area contributed by atoms with Crippen LogP contribution in [0.4, 0.5) is 5.13 Å². The van der Waals surface area contributed by atoms with Gasteiger partial charge in [0.1, 0.15) is 0 Å². The van der Waals surface area contributed by atoms with E-state index in [0.29, 0.717) is 0 Å². The Morgan fingerprint density at radius 2 is 2.20 bits per heavy atom. The maximum absolute atomic E-state index is 4.90. The molecule has 2 heterocycles. The lowest BCUT2D eigenvalue weighted by atomic mass is 9.96. The fourth-order valence-electron chi connectivity index (χ4n) is 2.87. The standard InChI is InChI=1S/C16H29N3S/c1-4-9-17-11-15-14(6-3)18-16(20-15)19-10-7-8-13(5-2)12-19/h13,17H,4-12H2,1-3H3. The van der Waals surface area contributed by atoms with Gasteiger partial charge in [0.15, 0.2) is 5.13 Å². The maximum atomic E-state index is 4.90. The van der Waals surface area contributed by atoms with Gasteiger partial charge >= 0.3 is 0 Å². The first kappa shape index (κ1) is 15.8. The van der Waals surface area contributed by atoms with Crippen LogP contribution in [0, 0.1) is 5.92 Å². The summed E-state index contributed by atoms with van der Waals surface area (Å²) in [6.07, 6.45) is 6.25. The van der Waals surface area contributed by atoms with Crippen LogP contribution < -0.4 is 10.2 Å². The molecule has 0 bridgehead atoms. The molecule has 0 amide bonds. The number of hydrogen-bond acceptors (Lipinski definition) is 4. The van der Waals surface area contributed by atoms with Gasteiger partial charge in [-0.05, 0) is 38.1 Å². The van der Waals surface area contributed by atoms with Gasteiger partial charge in [0, 0.05) is 24.5 Å². The molecular weight excluding hydrogens is 266 g/mol. The number of aromatic nitrogens is 1. The molecule has 1 N–H and O–H groups in total. The lowest BCUT2D eigenvalue weighted by Crippen LogP contribution is -2.35. The van der Waals surface area contributed by atoms with E-state index >= 15 is 0 Å². The smallest absolute Gasteiger partial charge is 0.185 e. The molecule has 1 fully saturated rings. The van der Waals surface area contributed by atoms with Crippen molar-refractivity contribution in [3.05, 3.63) is 10.6 Å². The van der Waals surface area contributed by atoms with E-state index in [9.17, 15) is 0 Å². The number of nitrogens with one attached hydrogen (secondary N) is 1. The maximum Gasteiger partial charge on any atom is 0.185 e. The van der Waals surface area contributed by atoms with E-state index in [0.717, 1.165) is 25.4 Å². The van der Waals surface area contributed by atoms with Gasteiger partial charge in [0.05, 0.1) is 5.69 Å². The molecule has 1 aromatic rings. The molecule has 1 aliphatic heterocycles. The highest BCUT2D eigenvalue weighted by molar-refractivity contribution is 7.15. The fraction of sp³-hybridized carbons (Fsp3) is 0.812. The number of nitrogens with zero attached hydrogens (tertiary/aromatic N) is 2. The highest BCUT2D eigenvalue weighted by atomic mass is 32.1. The van der Waals surface area contributed by atoms with E-state index < -0.39 is 0 Å². The van der Waals surface area contributed by atoms with E-state index in [4.69, 9.17) is 4.98 Å². The Morgan fingerprint density at radius 3 is 2.90 bits per heavy atom. The molecule has 2 rings (SSSR count). The van der Waals surface area contributed by atoms with Crippen LogP contribution in [0.1, 0.15) is 57.0 Å². The number of anilines is 1. The Kier molecular flexibility index (Phi) is 6.30. The molecule has 1 aliphatic rings. The number of thiazole rings is 1. The van der Waals surface area contributed by atoms with Gasteiger partial charge in [-0.2, -0.15) is 0 Å². The summed E-state index contributed by atoms with van der Waals surface area (Å²) < 4.78 is 0. The average Bonchev–Trinajstić information content (AvgIpc) is 2.91. The first-order chi connectivity index (χ1) is 9.78. The minimum Gasteiger partial charge on any atom is -0.348 e. The SMILES string of the molecule is CCCNCc1sc(N2CCCC(CC)C2)nc1CC. The van der Waals surface area contributed by atoms with Crippen molar-refractivity contribution in [3.63, 3.8) is 0 Å². The van der Waals surface area contributed by atoms with Gasteiger partial charge in [-0.25, -0.2) is 4.98 Å². The van der Waals surface area contributed by atoms with E-state index in [2.05, 4.69) is 31.0 Å². The van der Waals surface area contributed by atoms with E-state index in [1.54, 1.807) is 0 Å². The molecule has 20 heavy (non-hydrogen) atoms. The summed E-state index contributed by atoms with van der Waals surface area (Å²) in [5, 5.41) is 4.77. The second-order valence-corrected chi connectivity index (χ2v) is 6.82. The van der Waals surface area contributed by atoms with Crippen LogP contribution in [0.25, 0.3) is 0 Å². The molecular formula is C16H29N3S. The molecule has 0 radical (unpaired) electrons. The van der Waals surface area contributed by atoms with Crippen LogP contribution in [0.15, 0.2) is 0 Å². The molecule has 3 nitrogen and oxygen atoms in total. The Morgan fingerprint density at radius 1 is 1.35 bits per heavy atom. The number of hydrogen-bond donors (Lipinski definition) is 1. The molecule has 1 unspecified atom stereocenters. The average molecular weight is 295 g/mol. The zero-order valence-electron chi connectivity index (χ0n) is 13.2. The van der Waals surface area contributed by atoms with Crippen molar-refractivity contribution < 1.29 is 0 Å². The van der Waals surface area contributed by atoms with Crippen molar-refractivity contribution in [2.24, 2.45) is 5.92 Å². The molecule has 0 saturated carbocycles. The predicted molar refractivity (Wildman–Crippen MR) is 88.7 cm³/mol. The summed E-state index contributed by atoms with van der Waals surface area (Å²) in [4.78, 5) is 8.86. The zero-order valence-corrected chi connectivity index (χ0v) is 14.1. The number of aryl methyl sites for hydroxylation is 1. The van der Waals surface area contributed by atoms with Crippen molar-refractivity contribution in [1.82, 2.24) is 10.3 Å². The first-order valence-corrected chi connectivity index (χ1v) is 9.04. The van der Waals surface area contributed by atoms with Crippen LogP contribution in [-0.2, 0) is 13.0 Å². The Hall–Kier alpha value is -0.610. The molecule has 0 spiro atoms. The Labute approximate surface area is 127 Å². The number of piperidine rings is 1. The highest BCUT2D eigenvalue weighted by Crippen LogP contribution is 2.31. The topological polar surface area (TPSA) is 28.2 Å². The van der Waals surface area contributed by atoms with Gasteiger partial charge < -0.3 is 10.2 Å². The largest absolute Gasteiger partial charge is 0.348 e. The Bertz CT molecular complexity index is 402. The summed E-state index contributed by atoms with van der Waals surface area (Å²) in [7, 11) is 0. The molecule has 4 heteroatoms. The summed E-state index contributed by atoms with van der Waals surface area (Å²) in [6, 6.07) is 0. The Balaban J connectivity index is 2.04. The summed E-state index contributed by atoms with van der Waals surface area (Å²) in [5.41, 5.74) is 1.30. The minimum absolute atomic E-state index is 0.861. The van der Waals surface area contributed by atoms with Gasteiger partial charge in [0.25, 0.3) is 0 Å². The second-order valence-electron chi connectivity index (χ2n) is 5.76. The van der Waals surface area contributed by atoms with Gasteiger partial charge in [0.2, 0.25) is 0 Å². The monoisotopic (exact) mass is 295 g/mol.